The van der Waals surface area contributed by atoms with Gasteiger partial charge < -0.3 is 9.52 Å². The molecule has 1 aliphatic carbocycles. The normalized spacial score (nSPS) is 15.3. The van der Waals surface area contributed by atoms with E-state index in [1.807, 2.05) is 30.0 Å². The van der Waals surface area contributed by atoms with Crippen molar-refractivity contribution < 1.29 is 14.3 Å². The van der Waals surface area contributed by atoms with Gasteiger partial charge in [0.05, 0.1) is 16.3 Å². The minimum atomic E-state index is -1.05. The third-order valence-corrected chi connectivity index (χ3v) is 5.82. The Morgan fingerprint density at radius 1 is 1.04 bits per heavy atom. The molecular formula is C19H16O4S. The molecule has 24 heavy (non-hydrogen) atoms. The molecule has 0 amide bonds. The van der Waals surface area contributed by atoms with Gasteiger partial charge in [0, 0.05) is 10.1 Å². The minimum Gasteiger partial charge on any atom is -0.478 e. The topological polar surface area (TPSA) is 67.5 Å². The third-order valence-electron chi connectivity index (χ3n) is 4.49. The first-order valence-electron chi connectivity index (χ1n) is 8.02. The second-order valence-electron chi connectivity index (χ2n) is 6.13. The van der Waals surface area contributed by atoms with E-state index >= 15 is 0 Å². The summed E-state index contributed by atoms with van der Waals surface area (Å²) in [5, 5.41) is 10.6. The summed E-state index contributed by atoms with van der Waals surface area (Å²) in [6.07, 6.45) is 4.99. The fraction of sp³-hybridized carbons (Fsp3) is 0.263. The molecule has 3 aromatic rings. The number of benzene rings is 2. The summed E-state index contributed by atoms with van der Waals surface area (Å²) in [6.45, 7) is 0. The zero-order valence-electron chi connectivity index (χ0n) is 13.0. The summed E-state index contributed by atoms with van der Waals surface area (Å²) in [4.78, 5) is 25.0. The van der Waals surface area contributed by atoms with Gasteiger partial charge in [-0.25, -0.2) is 4.79 Å². The molecule has 0 radical (unpaired) electrons. The molecule has 0 atom stereocenters. The Hall–Kier alpha value is -2.27. The average Bonchev–Trinajstić information content (AvgIpc) is 3.08. The molecule has 1 aliphatic rings. The Balaban J connectivity index is 1.85. The Kier molecular flexibility index (Phi) is 3.81. The van der Waals surface area contributed by atoms with Crippen molar-refractivity contribution in [2.75, 3.05) is 0 Å². The van der Waals surface area contributed by atoms with Gasteiger partial charge in [-0.1, -0.05) is 12.8 Å². The highest BCUT2D eigenvalue weighted by molar-refractivity contribution is 8.00. The van der Waals surface area contributed by atoms with Gasteiger partial charge in [-0.05, 0) is 49.2 Å². The molecule has 4 rings (SSSR count). The first-order chi connectivity index (χ1) is 11.6. The predicted octanol–water partition coefficient (Wildman–Crippen LogP) is 4.68. The Labute approximate surface area is 142 Å². The molecule has 0 aliphatic heterocycles. The molecule has 1 heterocycles. The Morgan fingerprint density at radius 2 is 1.71 bits per heavy atom. The lowest BCUT2D eigenvalue weighted by atomic mass is 10.1. The van der Waals surface area contributed by atoms with Crippen LogP contribution in [-0.4, -0.2) is 16.3 Å². The van der Waals surface area contributed by atoms with E-state index in [0.717, 1.165) is 4.90 Å². The van der Waals surface area contributed by atoms with Gasteiger partial charge in [-0.15, -0.1) is 11.8 Å². The molecule has 0 bridgehead atoms. The smallest absolute Gasteiger partial charge is 0.335 e. The van der Waals surface area contributed by atoms with Gasteiger partial charge in [0.25, 0.3) is 0 Å². The molecule has 0 saturated heterocycles. The van der Waals surface area contributed by atoms with Gasteiger partial charge in [0.15, 0.2) is 0 Å². The lowest BCUT2D eigenvalue weighted by Gasteiger charge is -2.09. The van der Waals surface area contributed by atoms with E-state index in [4.69, 9.17) is 9.52 Å². The molecule has 1 N–H and O–H groups in total. The van der Waals surface area contributed by atoms with Crippen LogP contribution < -0.4 is 5.43 Å². The second kappa shape index (κ2) is 5.98. The molecule has 0 unspecified atom stereocenters. The van der Waals surface area contributed by atoms with E-state index in [0.29, 0.717) is 27.2 Å². The molecule has 5 heteroatoms. The van der Waals surface area contributed by atoms with Gasteiger partial charge in [-0.2, -0.15) is 0 Å². The van der Waals surface area contributed by atoms with E-state index in [1.54, 1.807) is 6.07 Å². The first kappa shape index (κ1) is 15.3. The fourth-order valence-corrected chi connectivity index (χ4v) is 4.53. The molecule has 1 aromatic heterocycles. The second-order valence-corrected chi connectivity index (χ2v) is 7.50. The van der Waals surface area contributed by atoms with Crippen LogP contribution in [0.25, 0.3) is 21.9 Å². The fourth-order valence-electron chi connectivity index (χ4n) is 3.24. The van der Waals surface area contributed by atoms with Gasteiger partial charge in [-0.3, -0.25) is 4.79 Å². The van der Waals surface area contributed by atoms with E-state index < -0.39 is 5.97 Å². The van der Waals surface area contributed by atoms with Crippen molar-refractivity contribution >= 4 is 39.7 Å². The number of aromatic carboxylic acids is 1. The number of thioether (sulfide) groups is 1. The molecular weight excluding hydrogens is 324 g/mol. The van der Waals surface area contributed by atoms with Crippen LogP contribution in [-0.2, 0) is 0 Å². The number of fused-ring (bicyclic) bond motifs is 2. The summed E-state index contributed by atoms with van der Waals surface area (Å²) in [5.41, 5.74) is 0.855. The van der Waals surface area contributed by atoms with Crippen molar-refractivity contribution in [3.8, 4) is 0 Å². The van der Waals surface area contributed by atoms with E-state index in [1.165, 1.54) is 37.8 Å². The quantitative estimate of drug-likeness (QED) is 0.701. The van der Waals surface area contributed by atoms with Gasteiger partial charge >= 0.3 is 5.97 Å². The van der Waals surface area contributed by atoms with Crippen LogP contribution in [0.3, 0.4) is 0 Å². The summed E-state index contributed by atoms with van der Waals surface area (Å²) < 4.78 is 5.78. The van der Waals surface area contributed by atoms with Crippen molar-refractivity contribution in [3.05, 3.63) is 52.2 Å². The van der Waals surface area contributed by atoms with Crippen LogP contribution in [0.1, 0.15) is 36.0 Å². The lowest BCUT2D eigenvalue weighted by molar-refractivity contribution is 0.0697. The minimum absolute atomic E-state index is 0.0886. The summed E-state index contributed by atoms with van der Waals surface area (Å²) in [7, 11) is 0. The van der Waals surface area contributed by atoms with Gasteiger partial charge in [0.2, 0.25) is 5.43 Å². The summed E-state index contributed by atoms with van der Waals surface area (Å²) in [6, 6.07) is 10.1. The number of hydrogen-bond acceptors (Lipinski definition) is 4. The van der Waals surface area contributed by atoms with E-state index in [9.17, 15) is 9.59 Å². The number of rotatable bonds is 3. The number of carbonyl (C=O) groups is 1. The molecule has 4 nitrogen and oxygen atoms in total. The van der Waals surface area contributed by atoms with Crippen molar-refractivity contribution in [1.29, 1.82) is 0 Å². The number of carboxylic acid groups (broad SMARTS) is 1. The van der Waals surface area contributed by atoms with Crippen LogP contribution in [0.4, 0.5) is 0 Å². The largest absolute Gasteiger partial charge is 0.478 e. The lowest BCUT2D eigenvalue weighted by Crippen LogP contribution is -2.05. The number of carboxylic acids is 1. The van der Waals surface area contributed by atoms with Gasteiger partial charge in [0.1, 0.15) is 11.2 Å². The summed E-state index contributed by atoms with van der Waals surface area (Å²) in [5.74, 6) is -1.05. The highest BCUT2D eigenvalue weighted by Gasteiger charge is 2.17. The maximum Gasteiger partial charge on any atom is 0.335 e. The van der Waals surface area contributed by atoms with Crippen molar-refractivity contribution in [2.24, 2.45) is 0 Å². The van der Waals surface area contributed by atoms with E-state index in [2.05, 4.69) is 0 Å². The van der Waals surface area contributed by atoms with Crippen molar-refractivity contribution in [2.45, 2.75) is 35.8 Å². The Bertz CT molecular complexity index is 999. The molecule has 122 valence electrons. The highest BCUT2D eigenvalue weighted by atomic mass is 32.2. The maximum absolute atomic E-state index is 12.8. The third kappa shape index (κ3) is 2.69. The first-order valence-corrected chi connectivity index (χ1v) is 8.90. The predicted molar refractivity (Wildman–Crippen MR) is 95.1 cm³/mol. The standard InChI is InChI=1S/C19H16O4S/c20-18-14-9-11(19(21)22)5-7-16(14)23-17-8-6-13(10-15(17)18)24-12-3-1-2-4-12/h5-10,12H,1-4H2,(H,21,22). The Morgan fingerprint density at radius 3 is 2.42 bits per heavy atom. The van der Waals surface area contributed by atoms with Crippen LogP contribution in [0.2, 0.25) is 0 Å². The SMILES string of the molecule is O=C(O)c1ccc2oc3ccc(SC4CCCC4)cc3c(=O)c2c1. The molecule has 0 spiro atoms. The molecule has 1 saturated carbocycles. The van der Waals surface area contributed by atoms with Crippen LogP contribution in [0, 0.1) is 0 Å². The maximum atomic E-state index is 12.8. The van der Waals surface area contributed by atoms with Crippen molar-refractivity contribution in [3.63, 3.8) is 0 Å². The van der Waals surface area contributed by atoms with Crippen LogP contribution >= 0.6 is 11.8 Å². The number of hydrogen-bond donors (Lipinski definition) is 1. The zero-order chi connectivity index (χ0) is 16.7. The molecule has 1 fully saturated rings. The van der Waals surface area contributed by atoms with Crippen LogP contribution in [0.15, 0.2) is 50.5 Å². The zero-order valence-corrected chi connectivity index (χ0v) is 13.8. The highest BCUT2D eigenvalue weighted by Crippen LogP contribution is 2.35. The summed E-state index contributed by atoms with van der Waals surface area (Å²) >= 11 is 1.81. The monoisotopic (exact) mass is 340 g/mol. The van der Waals surface area contributed by atoms with E-state index in [-0.39, 0.29) is 11.0 Å². The van der Waals surface area contributed by atoms with Crippen LogP contribution in [0.5, 0.6) is 0 Å². The van der Waals surface area contributed by atoms with Crippen molar-refractivity contribution in [1.82, 2.24) is 0 Å². The average molecular weight is 340 g/mol. The molecule has 2 aromatic carbocycles.